The molecule has 1 aromatic rings. The molecule has 3 rings (SSSR count). The third-order valence-electron chi connectivity index (χ3n) is 4.04. The summed E-state index contributed by atoms with van der Waals surface area (Å²) in [7, 11) is 0. The molecule has 3 heterocycles. The zero-order valence-electron chi connectivity index (χ0n) is 12.6. The fourth-order valence-corrected chi connectivity index (χ4v) is 3.16. The number of aromatic hydroxyl groups is 1. The van der Waals surface area contributed by atoms with Crippen LogP contribution in [0.5, 0.6) is 5.88 Å². The van der Waals surface area contributed by atoms with Crippen LogP contribution >= 0.6 is 0 Å². The Bertz CT molecular complexity index is 566. The standard InChI is InChI=1S/C15H21FN4O2/c1-11(21)10-18-5-3-7-20(18)19-6-2-4-14(19)13-8-12(16)9-17-15(13)22/h3,5,8-9,11,14,21H,2,4,6-7,10H2,1H3,(H,17,22)/t11?,14-/m1/s1. The molecular formula is C15H21FN4O2. The topological polar surface area (TPSA) is 63.1 Å². The molecule has 1 fully saturated rings. The Labute approximate surface area is 129 Å². The quantitative estimate of drug-likeness (QED) is 0.877. The van der Waals surface area contributed by atoms with Gasteiger partial charge in [-0.3, -0.25) is 5.01 Å². The van der Waals surface area contributed by atoms with E-state index in [1.807, 2.05) is 22.4 Å². The van der Waals surface area contributed by atoms with E-state index in [0.717, 1.165) is 25.6 Å². The van der Waals surface area contributed by atoms with Gasteiger partial charge in [0, 0.05) is 18.3 Å². The van der Waals surface area contributed by atoms with E-state index in [9.17, 15) is 14.6 Å². The second-order valence-electron chi connectivity index (χ2n) is 5.80. The number of hydrogen-bond acceptors (Lipinski definition) is 6. The highest BCUT2D eigenvalue weighted by Gasteiger charge is 2.35. The van der Waals surface area contributed by atoms with E-state index in [1.165, 1.54) is 6.07 Å². The van der Waals surface area contributed by atoms with Gasteiger partial charge in [-0.2, -0.15) is 0 Å². The largest absolute Gasteiger partial charge is 0.493 e. The monoisotopic (exact) mass is 308 g/mol. The number of aliphatic hydroxyl groups is 1. The summed E-state index contributed by atoms with van der Waals surface area (Å²) in [5, 5.41) is 25.7. The van der Waals surface area contributed by atoms with E-state index in [2.05, 4.69) is 9.99 Å². The molecule has 120 valence electrons. The van der Waals surface area contributed by atoms with E-state index in [-0.39, 0.29) is 11.9 Å². The molecule has 0 bridgehead atoms. The number of hydrogen-bond donors (Lipinski definition) is 2. The number of halogens is 1. The molecule has 0 saturated carbocycles. The Hall–Kier alpha value is -1.70. The van der Waals surface area contributed by atoms with Gasteiger partial charge >= 0.3 is 0 Å². The van der Waals surface area contributed by atoms with Crippen LogP contribution < -0.4 is 0 Å². The van der Waals surface area contributed by atoms with Gasteiger partial charge in [-0.05, 0) is 31.9 Å². The Morgan fingerprint density at radius 2 is 2.32 bits per heavy atom. The summed E-state index contributed by atoms with van der Waals surface area (Å²) >= 11 is 0. The molecule has 0 spiro atoms. The molecule has 22 heavy (non-hydrogen) atoms. The molecule has 0 amide bonds. The minimum atomic E-state index is -0.449. The molecule has 2 N–H and O–H groups in total. The Balaban J connectivity index is 1.82. The van der Waals surface area contributed by atoms with Gasteiger partial charge in [-0.25, -0.2) is 14.4 Å². The average Bonchev–Trinajstić information content (AvgIpc) is 3.09. The molecule has 2 aliphatic rings. The maximum Gasteiger partial charge on any atom is 0.215 e. The van der Waals surface area contributed by atoms with Gasteiger partial charge in [0.15, 0.2) is 0 Å². The molecule has 2 aliphatic heterocycles. The van der Waals surface area contributed by atoms with Crippen molar-refractivity contribution in [2.45, 2.75) is 31.9 Å². The van der Waals surface area contributed by atoms with Gasteiger partial charge in [0.25, 0.3) is 0 Å². The van der Waals surface area contributed by atoms with Crippen molar-refractivity contribution in [3.63, 3.8) is 0 Å². The number of β-amino-alcohol motifs (C(OH)–C–C–N with tert-alkyl or cyclic N) is 1. The number of rotatable bonds is 4. The lowest BCUT2D eigenvalue weighted by Gasteiger charge is -2.40. The van der Waals surface area contributed by atoms with Crippen molar-refractivity contribution < 1.29 is 14.6 Å². The summed E-state index contributed by atoms with van der Waals surface area (Å²) in [5.74, 6) is -0.562. The first-order valence-corrected chi connectivity index (χ1v) is 7.56. The number of pyridine rings is 1. The van der Waals surface area contributed by atoms with Crippen molar-refractivity contribution in [1.82, 2.24) is 20.1 Å². The summed E-state index contributed by atoms with van der Waals surface area (Å²) in [6.07, 6.45) is 6.32. The molecule has 6 nitrogen and oxygen atoms in total. The molecule has 1 unspecified atom stereocenters. The molecular weight excluding hydrogens is 287 g/mol. The minimum Gasteiger partial charge on any atom is -0.493 e. The first-order chi connectivity index (χ1) is 10.6. The normalized spacial score (nSPS) is 24.3. The maximum atomic E-state index is 13.5. The predicted molar refractivity (Wildman–Crippen MR) is 78.8 cm³/mol. The summed E-state index contributed by atoms with van der Waals surface area (Å²) in [6, 6.07) is 1.24. The van der Waals surface area contributed by atoms with Gasteiger partial charge in [0.05, 0.1) is 31.4 Å². The molecule has 0 aliphatic carbocycles. The van der Waals surface area contributed by atoms with Crippen LogP contribution in [0.3, 0.4) is 0 Å². The number of nitrogens with zero attached hydrogens (tertiary/aromatic N) is 4. The molecule has 1 saturated heterocycles. The van der Waals surface area contributed by atoms with E-state index < -0.39 is 11.9 Å². The van der Waals surface area contributed by atoms with E-state index in [4.69, 9.17) is 0 Å². The Morgan fingerprint density at radius 1 is 1.50 bits per heavy atom. The van der Waals surface area contributed by atoms with Crippen molar-refractivity contribution >= 4 is 0 Å². The van der Waals surface area contributed by atoms with Gasteiger partial charge in [-0.15, -0.1) is 5.12 Å². The van der Waals surface area contributed by atoms with Crippen molar-refractivity contribution in [3.05, 3.63) is 35.9 Å². The first kappa shape index (κ1) is 15.2. The Kier molecular flexibility index (Phi) is 4.28. The molecule has 7 heteroatoms. The fraction of sp³-hybridized carbons (Fsp3) is 0.533. The van der Waals surface area contributed by atoms with E-state index in [1.54, 1.807) is 6.92 Å². The summed E-state index contributed by atoms with van der Waals surface area (Å²) in [4.78, 5) is 3.72. The summed E-state index contributed by atoms with van der Waals surface area (Å²) in [5.41, 5.74) is 0.515. The highest BCUT2D eigenvalue weighted by molar-refractivity contribution is 5.29. The average molecular weight is 308 g/mol. The lowest BCUT2D eigenvalue weighted by molar-refractivity contribution is -0.159. The van der Waals surface area contributed by atoms with Gasteiger partial charge in [0.1, 0.15) is 5.82 Å². The second kappa shape index (κ2) is 6.20. The number of aliphatic hydroxyl groups excluding tert-OH is 1. The Morgan fingerprint density at radius 3 is 3.09 bits per heavy atom. The predicted octanol–water partition coefficient (Wildman–Crippen LogP) is 1.41. The van der Waals surface area contributed by atoms with Crippen LogP contribution in [0.4, 0.5) is 4.39 Å². The van der Waals surface area contributed by atoms with Crippen molar-refractivity contribution in [2.24, 2.45) is 0 Å². The van der Waals surface area contributed by atoms with Gasteiger partial charge in [-0.1, -0.05) is 0 Å². The summed E-state index contributed by atoms with van der Waals surface area (Å²) < 4.78 is 13.5. The zero-order chi connectivity index (χ0) is 15.7. The third-order valence-corrected chi connectivity index (χ3v) is 4.04. The number of hydrazine groups is 2. The van der Waals surface area contributed by atoms with E-state index in [0.29, 0.717) is 18.7 Å². The highest BCUT2D eigenvalue weighted by Crippen LogP contribution is 2.38. The lowest BCUT2D eigenvalue weighted by atomic mass is 10.1. The minimum absolute atomic E-state index is 0.111. The molecule has 1 aromatic heterocycles. The second-order valence-corrected chi connectivity index (χ2v) is 5.80. The summed E-state index contributed by atoms with van der Waals surface area (Å²) in [6.45, 7) is 3.76. The van der Waals surface area contributed by atoms with Crippen LogP contribution in [0.25, 0.3) is 0 Å². The molecule has 0 radical (unpaired) electrons. The maximum absolute atomic E-state index is 13.5. The van der Waals surface area contributed by atoms with Crippen LogP contribution in [0.1, 0.15) is 31.4 Å². The third kappa shape index (κ3) is 2.92. The van der Waals surface area contributed by atoms with Crippen LogP contribution in [0, 0.1) is 5.82 Å². The van der Waals surface area contributed by atoms with Crippen LogP contribution in [0.2, 0.25) is 0 Å². The van der Waals surface area contributed by atoms with Gasteiger partial charge < -0.3 is 10.2 Å². The van der Waals surface area contributed by atoms with Crippen molar-refractivity contribution in [3.8, 4) is 5.88 Å². The SMILES string of the molecule is CC(O)CN1C=CCN1N1CCC[C@@H]1c1cc(F)cnc1O. The highest BCUT2D eigenvalue weighted by atomic mass is 19.1. The van der Waals surface area contributed by atoms with Crippen molar-refractivity contribution in [2.75, 3.05) is 19.6 Å². The van der Waals surface area contributed by atoms with Gasteiger partial charge in [0.2, 0.25) is 5.88 Å². The molecule has 0 aromatic carbocycles. The number of aromatic nitrogens is 1. The van der Waals surface area contributed by atoms with Crippen molar-refractivity contribution in [1.29, 1.82) is 0 Å². The first-order valence-electron chi connectivity index (χ1n) is 7.56. The zero-order valence-corrected chi connectivity index (χ0v) is 12.6. The van der Waals surface area contributed by atoms with E-state index >= 15 is 0 Å². The van der Waals surface area contributed by atoms with Crippen LogP contribution in [-0.4, -0.2) is 56.1 Å². The molecule has 2 atom stereocenters. The van der Waals surface area contributed by atoms with Crippen LogP contribution in [-0.2, 0) is 0 Å². The fourth-order valence-electron chi connectivity index (χ4n) is 3.16. The van der Waals surface area contributed by atoms with Crippen LogP contribution in [0.15, 0.2) is 24.5 Å². The lowest BCUT2D eigenvalue weighted by Crippen LogP contribution is -2.50. The smallest absolute Gasteiger partial charge is 0.215 e.